The summed E-state index contributed by atoms with van der Waals surface area (Å²) in [5, 5.41) is 5.46. The largest absolute Gasteiger partial charge is 0.444 e. The molecule has 3 amide bonds. The van der Waals surface area contributed by atoms with Gasteiger partial charge in [0.05, 0.1) is 0 Å². The highest BCUT2D eigenvalue weighted by atomic mass is 16.6. The third-order valence-electron chi connectivity index (χ3n) is 5.08. The lowest BCUT2D eigenvalue weighted by Crippen LogP contribution is -2.54. The molecule has 0 saturated carbocycles. The van der Waals surface area contributed by atoms with Crippen molar-refractivity contribution in [2.75, 3.05) is 11.9 Å². The standard InChI is InChI=1S/C28H35N3O4/c1-9-20-14-16-21(17-15-20)24(25(33)30-22-13-11-10-12-19(22)2)31(27(3,4)5)23(32)18-29-26(34)35-28(6,7)8/h1,10-17,24H,18H2,2-8H3,(H,29,34)(H,30,33). The lowest BCUT2D eigenvalue weighted by atomic mass is 9.95. The van der Waals surface area contributed by atoms with E-state index < -0.39 is 29.2 Å². The second-order valence-corrected chi connectivity index (χ2v) is 10.3. The van der Waals surface area contributed by atoms with Crippen molar-refractivity contribution in [3.8, 4) is 12.3 Å². The molecule has 1 unspecified atom stereocenters. The Hall–Kier alpha value is -3.79. The summed E-state index contributed by atoms with van der Waals surface area (Å²) in [7, 11) is 0. The van der Waals surface area contributed by atoms with Gasteiger partial charge in [0, 0.05) is 16.8 Å². The predicted molar refractivity (Wildman–Crippen MR) is 138 cm³/mol. The molecule has 7 heteroatoms. The topological polar surface area (TPSA) is 87.7 Å². The van der Waals surface area contributed by atoms with Gasteiger partial charge in [0.15, 0.2) is 0 Å². The molecule has 0 heterocycles. The summed E-state index contributed by atoms with van der Waals surface area (Å²) in [6.45, 7) is 12.3. The van der Waals surface area contributed by atoms with Crippen molar-refractivity contribution in [1.29, 1.82) is 0 Å². The Balaban J connectivity index is 2.44. The fraction of sp³-hybridized carbons (Fsp3) is 0.393. The van der Waals surface area contributed by atoms with Crippen LogP contribution in [0.2, 0.25) is 0 Å². The van der Waals surface area contributed by atoms with Crippen LogP contribution in [0.15, 0.2) is 48.5 Å². The van der Waals surface area contributed by atoms with Crippen molar-refractivity contribution < 1.29 is 19.1 Å². The molecule has 1 atom stereocenters. The number of terminal acetylenes is 1. The summed E-state index contributed by atoms with van der Waals surface area (Å²) >= 11 is 0. The number of carbonyl (C=O) groups excluding carboxylic acids is 3. The molecule has 0 fully saturated rings. The zero-order valence-corrected chi connectivity index (χ0v) is 21.6. The molecule has 7 nitrogen and oxygen atoms in total. The number of para-hydroxylation sites is 1. The summed E-state index contributed by atoms with van der Waals surface area (Å²) in [6, 6.07) is 13.4. The first-order valence-corrected chi connectivity index (χ1v) is 11.4. The lowest BCUT2D eigenvalue weighted by molar-refractivity contribution is -0.144. The van der Waals surface area contributed by atoms with E-state index in [9.17, 15) is 14.4 Å². The van der Waals surface area contributed by atoms with E-state index in [1.54, 1.807) is 51.1 Å². The third kappa shape index (κ3) is 7.89. The number of ether oxygens (including phenoxy) is 1. The van der Waals surface area contributed by atoms with Crippen molar-refractivity contribution >= 4 is 23.6 Å². The van der Waals surface area contributed by atoms with Gasteiger partial charge >= 0.3 is 6.09 Å². The minimum atomic E-state index is -0.977. The fourth-order valence-corrected chi connectivity index (χ4v) is 3.55. The monoisotopic (exact) mass is 477 g/mol. The highest BCUT2D eigenvalue weighted by Gasteiger charge is 2.38. The molecule has 0 aliphatic heterocycles. The number of rotatable bonds is 6. The minimum absolute atomic E-state index is 0.331. The van der Waals surface area contributed by atoms with Gasteiger partial charge in [-0.25, -0.2) is 4.79 Å². The van der Waals surface area contributed by atoms with Crippen LogP contribution in [0.3, 0.4) is 0 Å². The molecule has 2 N–H and O–H groups in total. The summed E-state index contributed by atoms with van der Waals surface area (Å²) in [5.41, 5.74) is 1.33. The van der Waals surface area contributed by atoms with Crippen LogP contribution in [-0.4, -0.2) is 40.5 Å². The zero-order valence-electron chi connectivity index (χ0n) is 21.6. The van der Waals surface area contributed by atoms with Crippen LogP contribution in [0.1, 0.15) is 64.3 Å². The van der Waals surface area contributed by atoms with E-state index in [-0.39, 0.29) is 12.5 Å². The third-order valence-corrected chi connectivity index (χ3v) is 5.08. The van der Waals surface area contributed by atoms with Gasteiger partial charge in [0.2, 0.25) is 5.91 Å². The van der Waals surface area contributed by atoms with Crippen molar-refractivity contribution in [3.05, 3.63) is 65.2 Å². The van der Waals surface area contributed by atoms with E-state index in [2.05, 4.69) is 16.6 Å². The number of carbonyl (C=O) groups is 3. The average molecular weight is 478 g/mol. The molecule has 0 saturated heterocycles. The molecular weight excluding hydrogens is 442 g/mol. The van der Waals surface area contributed by atoms with Crippen molar-refractivity contribution in [1.82, 2.24) is 10.2 Å². The molecule has 2 rings (SSSR count). The number of nitrogens with zero attached hydrogens (tertiary/aromatic N) is 1. The Labute approximate surface area is 208 Å². The second kappa shape index (κ2) is 11.1. The van der Waals surface area contributed by atoms with E-state index >= 15 is 0 Å². The molecule has 0 spiro atoms. The van der Waals surface area contributed by atoms with Crippen LogP contribution in [0.25, 0.3) is 0 Å². The molecule has 0 aliphatic rings. The zero-order chi connectivity index (χ0) is 26.4. The Morgan fingerprint density at radius 3 is 2.11 bits per heavy atom. The van der Waals surface area contributed by atoms with E-state index in [4.69, 9.17) is 11.2 Å². The van der Waals surface area contributed by atoms with Crippen LogP contribution in [0.5, 0.6) is 0 Å². The summed E-state index contributed by atoms with van der Waals surface area (Å²) < 4.78 is 5.24. The summed E-state index contributed by atoms with van der Waals surface area (Å²) in [4.78, 5) is 40.8. The maximum atomic E-state index is 13.7. The lowest BCUT2D eigenvalue weighted by Gasteiger charge is -2.41. The maximum absolute atomic E-state index is 13.7. The Bertz CT molecular complexity index is 1100. The first-order valence-electron chi connectivity index (χ1n) is 11.4. The van der Waals surface area contributed by atoms with Gasteiger partial charge in [-0.2, -0.15) is 0 Å². The number of benzene rings is 2. The molecule has 0 aliphatic carbocycles. The number of nitrogens with one attached hydrogen (secondary N) is 2. The van der Waals surface area contributed by atoms with Crippen molar-refractivity contribution in [2.45, 2.75) is 65.6 Å². The molecular formula is C28H35N3O4. The number of anilines is 1. The first-order chi connectivity index (χ1) is 16.2. The number of hydrogen-bond donors (Lipinski definition) is 2. The number of aryl methyl sites for hydroxylation is 1. The average Bonchev–Trinajstić information content (AvgIpc) is 2.75. The first kappa shape index (κ1) is 27.5. The molecule has 2 aromatic rings. The highest BCUT2D eigenvalue weighted by molar-refractivity contribution is 5.99. The van der Waals surface area contributed by atoms with Crippen LogP contribution in [-0.2, 0) is 14.3 Å². The maximum Gasteiger partial charge on any atom is 0.408 e. The van der Waals surface area contributed by atoms with Gasteiger partial charge in [-0.3, -0.25) is 9.59 Å². The summed E-state index contributed by atoms with van der Waals surface area (Å²) in [6.07, 6.45) is 4.79. The highest BCUT2D eigenvalue weighted by Crippen LogP contribution is 2.31. The summed E-state index contributed by atoms with van der Waals surface area (Å²) in [5.74, 6) is 1.74. The predicted octanol–water partition coefficient (Wildman–Crippen LogP) is 4.81. The van der Waals surface area contributed by atoms with Crippen LogP contribution in [0, 0.1) is 19.3 Å². The fourth-order valence-electron chi connectivity index (χ4n) is 3.55. The molecule has 35 heavy (non-hydrogen) atoms. The molecule has 2 aromatic carbocycles. The molecule has 186 valence electrons. The van der Waals surface area contributed by atoms with Crippen LogP contribution >= 0.6 is 0 Å². The van der Waals surface area contributed by atoms with Crippen LogP contribution < -0.4 is 10.6 Å². The number of amides is 3. The molecule has 0 bridgehead atoms. The van der Waals surface area contributed by atoms with Crippen molar-refractivity contribution in [2.24, 2.45) is 0 Å². The van der Waals surface area contributed by atoms with Gasteiger partial charge < -0.3 is 20.3 Å². The van der Waals surface area contributed by atoms with Gasteiger partial charge in [-0.15, -0.1) is 6.42 Å². The van der Waals surface area contributed by atoms with E-state index in [1.807, 2.05) is 45.9 Å². The molecule has 0 radical (unpaired) electrons. The van der Waals surface area contributed by atoms with Gasteiger partial charge in [0.25, 0.3) is 5.91 Å². The van der Waals surface area contributed by atoms with Gasteiger partial charge in [-0.05, 0) is 77.8 Å². The van der Waals surface area contributed by atoms with Crippen LogP contribution in [0.4, 0.5) is 10.5 Å². The quantitative estimate of drug-likeness (QED) is 0.585. The SMILES string of the molecule is C#Cc1ccc(C(C(=O)Nc2ccccc2C)N(C(=O)CNC(=O)OC(C)(C)C)C(C)(C)C)cc1. The second-order valence-electron chi connectivity index (χ2n) is 10.3. The van der Waals surface area contributed by atoms with Crippen molar-refractivity contribution in [3.63, 3.8) is 0 Å². The number of hydrogen-bond acceptors (Lipinski definition) is 4. The number of alkyl carbamates (subject to hydrolysis) is 1. The Morgan fingerprint density at radius 1 is 1.00 bits per heavy atom. The van der Waals surface area contributed by atoms with Gasteiger partial charge in [-0.1, -0.05) is 36.3 Å². The normalized spacial score (nSPS) is 12.2. The van der Waals surface area contributed by atoms with E-state index in [0.29, 0.717) is 16.8 Å². The Morgan fingerprint density at radius 2 is 1.60 bits per heavy atom. The van der Waals surface area contributed by atoms with Gasteiger partial charge in [0.1, 0.15) is 18.2 Å². The minimum Gasteiger partial charge on any atom is -0.444 e. The van der Waals surface area contributed by atoms with E-state index in [0.717, 1.165) is 5.56 Å². The molecule has 0 aromatic heterocycles. The smallest absolute Gasteiger partial charge is 0.408 e. The Kier molecular flexibility index (Phi) is 8.70. The van der Waals surface area contributed by atoms with E-state index in [1.165, 1.54) is 4.90 Å².